The van der Waals surface area contributed by atoms with Gasteiger partial charge in [-0.3, -0.25) is 5.43 Å². The van der Waals surface area contributed by atoms with Gasteiger partial charge in [-0.15, -0.1) is 22.9 Å². The molecule has 2 aromatic rings. The Balaban J connectivity index is 2.06. The van der Waals surface area contributed by atoms with E-state index in [9.17, 15) is 0 Å². The Hall–Kier alpha value is -1.79. The molecular formula is C12H13ClN4OS. The molecule has 0 radical (unpaired) electrons. The lowest BCUT2D eigenvalue weighted by atomic mass is 10.1. The summed E-state index contributed by atoms with van der Waals surface area (Å²) in [6.07, 6.45) is 1.69. The first-order valence-corrected chi connectivity index (χ1v) is 6.87. The number of nitrogens with zero attached hydrogens (tertiary/aromatic N) is 2. The Morgan fingerprint density at radius 2 is 2.42 bits per heavy atom. The van der Waals surface area contributed by atoms with Crippen LogP contribution in [0.1, 0.15) is 11.1 Å². The predicted molar refractivity (Wildman–Crippen MR) is 80.3 cm³/mol. The molecule has 0 aliphatic rings. The van der Waals surface area contributed by atoms with Crippen molar-refractivity contribution in [1.82, 2.24) is 4.98 Å². The zero-order valence-corrected chi connectivity index (χ0v) is 11.8. The maximum Gasteiger partial charge on any atom is 0.205 e. The summed E-state index contributed by atoms with van der Waals surface area (Å²) in [5.41, 5.74) is 10.2. The SMILES string of the molecule is COc1ccc(C=NNc2nc(N)cs2)cc1CCl. The van der Waals surface area contributed by atoms with Gasteiger partial charge in [0.1, 0.15) is 11.6 Å². The van der Waals surface area contributed by atoms with Crippen molar-refractivity contribution in [1.29, 1.82) is 0 Å². The summed E-state index contributed by atoms with van der Waals surface area (Å²) in [4.78, 5) is 4.03. The van der Waals surface area contributed by atoms with Gasteiger partial charge < -0.3 is 10.5 Å². The van der Waals surface area contributed by atoms with Crippen LogP contribution in [0.5, 0.6) is 5.75 Å². The van der Waals surface area contributed by atoms with E-state index < -0.39 is 0 Å². The third-order valence-corrected chi connectivity index (χ3v) is 3.40. The lowest BCUT2D eigenvalue weighted by Gasteiger charge is -2.06. The number of methoxy groups -OCH3 is 1. The Bertz CT molecular complexity index is 585. The summed E-state index contributed by atoms with van der Waals surface area (Å²) in [7, 11) is 1.62. The molecule has 0 aliphatic heterocycles. The Labute approximate surface area is 120 Å². The number of nitrogen functional groups attached to an aromatic ring is 1. The van der Waals surface area contributed by atoms with E-state index in [4.69, 9.17) is 22.1 Å². The third-order valence-electron chi connectivity index (χ3n) is 2.34. The van der Waals surface area contributed by atoms with Crippen LogP contribution in [0.2, 0.25) is 0 Å². The van der Waals surface area contributed by atoms with Crippen LogP contribution in [0, 0.1) is 0 Å². The van der Waals surface area contributed by atoms with Gasteiger partial charge in [0.25, 0.3) is 0 Å². The molecule has 3 N–H and O–H groups in total. The first-order valence-electron chi connectivity index (χ1n) is 5.46. The minimum Gasteiger partial charge on any atom is -0.496 e. The summed E-state index contributed by atoms with van der Waals surface area (Å²) in [6.45, 7) is 0. The molecule has 1 aromatic heterocycles. The Kier molecular flexibility index (Phi) is 4.59. The standard InChI is InChI=1S/C12H13ClN4OS/c1-18-10-3-2-8(4-9(10)5-13)6-15-17-12-16-11(14)7-19-12/h2-4,6-7H,5,14H2,1H3,(H,16,17). The molecule has 0 saturated carbocycles. The second-order valence-corrected chi connectivity index (χ2v) is 4.78. The van der Waals surface area contributed by atoms with Gasteiger partial charge in [-0.1, -0.05) is 0 Å². The van der Waals surface area contributed by atoms with E-state index in [0.29, 0.717) is 16.8 Å². The summed E-state index contributed by atoms with van der Waals surface area (Å²) >= 11 is 7.25. The lowest BCUT2D eigenvalue weighted by molar-refractivity contribution is 0.411. The van der Waals surface area contributed by atoms with Crippen LogP contribution in [0.4, 0.5) is 10.9 Å². The topological polar surface area (TPSA) is 72.5 Å². The molecule has 0 spiro atoms. The fourth-order valence-electron chi connectivity index (χ4n) is 1.48. The zero-order chi connectivity index (χ0) is 13.7. The van der Waals surface area contributed by atoms with Crippen molar-refractivity contribution in [3.8, 4) is 5.75 Å². The number of aromatic nitrogens is 1. The second-order valence-electron chi connectivity index (χ2n) is 3.65. The van der Waals surface area contributed by atoms with E-state index in [1.165, 1.54) is 11.3 Å². The monoisotopic (exact) mass is 296 g/mol. The van der Waals surface area contributed by atoms with E-state index in [1.807, 2.05) is 18.2 Å². The number of nitrogens with two attached hydrogens (primary N) is 1. The summed E-state index contributed by atoms with van der Waals surface area (Å²) in [5, 5.41) is 6.49. The Morgan fingerprint density at radius 1 is 1.58 bits per heavy atom. The molecule has 0 amide bonds. The largest absolute Gasteiger partial charge is 0.496 e. The molecule has 5 nitrogen and oxygen atoms in total. The van der Waals surface area contributed by atoms with Crippen LogP contribution in [0.15, 0.2) is 28.7 Å². The minimum absolute atomic E-state index is 0.390. The van der Waals surface area contributed by atoms with Crippen molar-refractivity contribution in [2.75, 3.05) is 18.3 Å². The first-order chi connectivity index (χ1) is 9.22. The lowest BCUT2D eigenvalue weighted by Crippen LogP contribution is -1.94. The highest BCUT2D eigenvalue weighted by Gasteiger charge is 2.02. The van der Waals surface area contributed by atoms with Crippen molar-refractivity contribution in [2.45, 2.75) is 5.88 Å². The number of hydrogen-bond donors (Lipinski definition) is 2. The first kappa shape index (κ1) is 13.6. The number of nitrogens with one attached hydrogen (secondary N) is 1. The highest BCUT2D eigenvalue weighted by atomic mass is 35.5. The normalized spacial score (nSPS) is 10.8. The molecular weight excluding hydrogens is 284 g/mol. The molecule has 0 saturated heterocycles. The van der Waals surface area contributed by atoms with Gasteiger partial charge in [-0.05, 0) is 23.8 Å². The number of halogens is 1. The highest BCUT2D eigenvalue weighted by molar-refractivity contribution is 7.14. The average Bonchev–Trinajstić information content (AvgIpc) is 2.84. The molecule has 100 valence electrons. The van der Waals surface area contributed by atoms with Crippen LogP contribution >= 0.6 is 22.9 Å². The van der Waals surface area contributed by atoms with Crippen molar-refractivity contribution in [2.24, 2.45) is 5.10 Å². The van der Waals surface area contributed by atoms with Crippen LogP contribution in [0.25, 0.3) is 0 Å². The number of alkyl halides is 1. The van der Waals surface area contributed by atoms with E-state index in [-0.39, 0.29) is 0 Å². The number of rotatable bonds is 5. The molecule has 0 aliphatic carbocycles. The zero-order valence-electron chi connectivity index (χ0n) is 10.3. The molecule has 0 atom stereocenters. The average molecular weight is 297 g/mol. The van der Waals surface area contributed by atoms with Crippen LogP contribution in [-0.4, -0.2) is 18.3 Å². The van der Waals surface area contributed by atoms with Crippen LogP contribution in [-0.2, 0) is 5.88 Å². The van der Waals surface area contributed by atoms with Crippen molar-refractivity contribution >= 4 is 40.1 Å². The summed E-state index contributed by atoms with van der Waals surface area (Å²) < 4.78 is 5.20. The van der Waals surface area contributed by atoms with Crippen LogP contribution < -0.4 is 15.9 Å². The molecule has 0 bridgehead atoms. The smallest absolute Gasteiger partial charge is 0.205 e. The molecule has 0 unspecified atom stereocenters. The molecule has 1 heterocycles. The van der Waals surface area contributed by atoms with Crippen molar-refractivity contribution < 1.29 is 4.74 Å². The fourth-order valence-corrected chi connectivity index (χ4v) is 2.24. The molecule has 0 fully saturated rings. The molecule has 1 aromatic carbocycles. The maximum atomic E-state index is 5.85. The highest BCUT2D eigenvalue weighted by Crippen LogP contribution is 2.21. The third kappa shape index (κ3) is 3.59. The van der Waals surface area contributed by atoms with Gasteiger partial charge in [-0.2, -0.15) is 5.10 Å². The fraction of sp³-hybridized carbons (Fsp3) is 0.167. The van der Waals surface area contributed by atoms with Gasteiger partial charge in [0.15, 0.2) is 0 Å². The Morgan fingerprint density at radius 3 is 3.05 bits per heavy atom. The molecule has 7 heteroatoms. The number of hydrogen-bond acceptors (Lipinski definition) is 6. The van der Waals surface area contributed by atoms with Crippen molar-refractivity contribution in [3.05, 3.63) is 34.7 Å². The minimum atomic E-state index is 0.390. The van der Waals surface area contributed by atoms with E-state index in [1.54, 1.807) is 18.7 Å². The van der Waals surface area contributed by atoms with Gasteiger partial charge in [0.05, 0.1) is 19.2 Å². The van der Waals surface area contributed by atoms with E-state index in [0.717, 1.165) is 16.9 Å². The summed E-state index contributed by atoms with van der Waals surface area (Å²) in [5.74, 6) is 1.64. The van der Waals surface area contributed by atoms with Gasteiger partial charge in [0, 0.05) is 10.9 Å². The number of hydrazone groups is 1. The van der Waals surface area contributed by atoms with Gasteiger partial charge >= 0.3 is 0 Å². The number of anilines is 2. The number of thiazole rings is 1. The number of ether oxygens (including phenoxy) is 1. The van der Waals surface area contributed by atoms with Gasteiger partial charge in [0.2, 0.25) is 5.13 Å². The van der Waals surface area contributed by atoms with E-state index in [2.05, 4.69) is 15.5 Å². The predicted octanol–water partition coefficient (Wildman–Crippen LogP) is 2.92. The molecule has 2 rings (SSSR count). The van der Waals surface area contributed by atoms with Gasteiger partial charge in [-0.25, -0.2) is 4.98 Å². The quantitative estimate of drug-likeness (QED) is 0.505. The number of benzene rings is 1. The van der Waals surface area contributed by atoms with Crippen LogP contribution in [0.3, 0.4) is 0 Å². The van der Waals surface area contributed by atoms with Crippen molar-refractivity contribution in [3.63, 3.8) is 0 Å². The van der Waals surface area contributed by atoms with E-state index >= 15 is 0 Å². The maximum absolute atomic E-state index is 5.85. The second kappa shape index (κ2) is 6.40. The summed E-state index contributed by atoms with van der Waals surface area (Å²) in [6, 6.07) is 5.68. The molecule has 19 heavy (non-hydrogen) atoms.